The number of rotatable bonds is 7. The van der Waals surface area contributed by atoms with Gasteiger partial charge < -0.3 is 24.3 Å². The molecule has 0 aliphatic heterocycles. The second kappa shape index (κ2) is 10.7. The van der Waals surface area contributed by atoms with E-state index in [9.17, 15) is 9.59 Å². The van der Waals surface area contributed by atoms with E-state index in [0.717, 1.165) is 0 Å². The molecule has 0 atom stereocenters. The molecule has 2 aromatic heterocycles. The molecule has 0 aliphatic rings. The standard InChI is InChI=1S/C30H27N5O4/c1-34(2)29(36)19-12-14-20(15-13-19)38-21-17-24-27(33-28(32-24)23-10-7-8-16-31-23)26(18-21)39-25-11-6-5-9-22(25)30(37)35(3)4/h5-18H,1-4H3,(H,32,33). The molecule has 196 valence electrons. The predicted molar refractivity (Wildman–Crippen MR) is 148 cm³/mol. The lowest BCUT2D eigenvalue weighted by atomic mass is 10.1. The molecule has 0 bridgehead atoms. The third-order valence-electron chi connectivity index (χ3n) is 5.92. The van der Waals surface area contributed by atoms with Crippen molar-refractivity contribution in [1.82, 2.24) is 24.8 Å². The number of H-pyrrole nitrogens is 1. The number of benzene rings is 3. The normalized spacial score (nSPS) is 10.8. The second-order valence-corrected chi connectivity index (χ2v) is 9.24. The van der Waals surface area contributed by atoms with Crippen molar-refractivity contribution in [3.05, 3.63) is 96.2 Å². The predicted octanol–water partition coefficient (Wildman–Crippen LogP) is 5.61. The minimum absolute atomic E-state index is 0.0934. The second-order valence-electron chi connectivity index (χ2n) is 9.24. The number of hydrogen-bond acceptors (Lipinski definition) is 6. The van der Waals surface area contributed by atoms with Gasteiger partial charge in [0, 0.05) is 52.1 Å². The van der Waals surface area contributed by atoms with E-state index in [4.69, 9.17) is 14.5 Å². The van der Waals surface area contributed by atoms with Crippen LogP contribution in [0.5, 0.6) is 23.0 Å². The fourth-order valence-electron chi connectivity index (χ4n) is 3.97. The Labute approximate surface area is 225 Å². The van der Waals surface area contributed by atoms with Gasteiger partial charge in [-0.1, -0.05) is 18.2 Å². The molecule has 3 aromatic carbocycles. The molecule has 0 saturated carbocycles. The van der Waals surface area contributed by atoms with Gasteiger partial charge in [-0.25, -0.2) is 4.98 Å². The van der Waals surface area contributed by atoms with E-state index in [2.05, 4.69) is 9.97 Å². The Hall–Kier alpha value is -5.18. The lowest BCUT2D eigenvalue weighted by molar-refractivity contribution is 0.0819. The van der Waals surface area contributed by atoms with Gasteiger partial charge in [0.2, 0.25) is 0 Å². The van der Waals surface area contributed by atoms with Gasteiger partial charge in [0.1, 0.15) is 28.5 Å². The highest BCUT2D eigenvalue weighted by molar-refractivity contribution is 5.97. The zero-order chi connectivity index (χ0) is 27.5. The molecular weight excluding hydrogens is 494 g/mol. The third kappa shape index (κ3) is 5.42. The van der Waals surface area contributed by atoms with Crippen LogP contribution in [0.2, 0.25) is 0 Å². The first-order valence-corrected chi connectivity index (χ1v) is 12.2. The summed E-state index contributed by atoms with van der Waals surface area (Å²) in [5.41, 5.74) is 2.87. The number of carbonyl (C=O) groups is 2. The Bertz CT molecular complexity index is 1640. The molecule has 0 fully saturated rings. The van der Waals surface area contributed by atoms with Crippen molar-refractivity contribution in [2.24, 2.45) is 0 Å². The summed E-state index contributed by atoms with van der Waals surface area (Å²) < 4.78 is 12.5. The highest BCUT2D eigenvalue weighted by Gasteiger charge is 2.19. The minimum Gasteiger partial charge on any atom is -0.457 e. The largest absolute Gasteiger partial charge is 0.457 e. The molecule has 5 rings (SSSR count). The summed E-state index contributed by atoms with van der Waals surface area (Å²) in [5.74, 6) is 2.11. The van der Waals surface area contributed by atoms with Gasteiger partial charge in [-0.3, -0.25) is 14.6 Å². The lowest BCUT2D eigenvalue weighted by Crippen LogP contribution is -2.22. The van der Waals surface area contributed by atoms with Crippen LogP contribution in [0.15, 0.2) is 85.1 Å². The van der Waals surface area contributed by atoms with E-state index < -0.39 is 0 Å². The van der Waals surface area contributed by atoms with E-state index in [1.165, 1.54) is 9.80 Å². The number of carbonyl (C=O) groups excluding carboxylic acids is 2. The topological polar surface area (TPSA) is 101 Å². The molecule has 5 aromatic rings. The van der Waals surface area contributed by atoms with Crippen molar-refractivity contribution >= 4 is 22.8 Å². The summed E-state index contributed by atoms with van der Waals surface area (Å²) in [5, 5.41) is 0. The smallest absolute Gasteiger partial charge is 0.257 e. The first-order valence-electron chi connectivity index (χ1n) is 12.2. The summed E-state index contributed by atoms with van der Waals surface area (Å²) in [6.45, 7) is 0. The molecule has 0 radical (unpaired) electrons. The van der Waals surface area contributed by atoms with E-state index in [0.29, 0.717) is 56.7 Å². The van der Waals surface area contributed by atoms with Crippen LogP contribution < -0.4 is 9.47 Å². The van der Waals surface area contributed by atoms with Gasteiger partial charge in [-0.05, 0) is 48.5 Å². The van der Waals surface area contributed by atoms with Gasteiger partial charge >= 0.3 is 0 Å². The van der Waals surface area contributed by atoms with Gasteiger partial charge in [0.25, 0.3) is 11.8 Å². The number of para-hydroxylation sites is 1. The number of aromatic nitrogens is 3. The Morgan fingerprint density at radius 3 is 2.15 bits per heavy atom. The van der Waals surface area contributed by atoms with Crippen molar-refractivity contribution in [1.29, 1.82) is 0 Å². The van der Waals surface area contributed by atoms with Crippen LogP contribution in [0.25, 0.3) is 22.6 Å². The molecular formula is C30H27N5O4. The fraction of sp³-hybridized carbons (Fsp3) is 0.133. The molecule has 2 heterocycles. The van der Waals surface area contributed by atoms with Crippen LogP contribution in [0.3, 0.4) is 0 Å². The van der Waals surface area contributed by atoms with Crippen molar-refractivity contribution in [3.63, 3.8) is 0 Å². The van der Waals surface area contributed by atoms with Crippen molar-refractivity contribution in [2.45, 2.75) is 0 Å². The van der Waals surface area contributed by atoms with E-state index in [1.54, 1.807) is 89.0 Å². The number of aromatic amines is 1. The quantitative estimate of drug-likeness (QED) is 0.299. The molecule has 0 aliphatic carbocycles. The summed E-state index contributed by atoms with van der Waals surface area (Å²) in [7, 11) is 6.79. The van der Waals surface area contributed by atoms with Crippen LogP contribution >= 0.6 is 0 Å². The molecule has 9 nitrogen and oxygen atoms in total. The number of pyridine rings is 1. The Morgan fingerprint density at radius 2 is 1.46 bits per heavy atom. The molecule has 0 spiro atoms. The molecule has 0 saturated heterocycles. The number of nitrogens with zero attached hydrogens (tertiary/aromatic N) is 4. The number of fused-ring (bicyclic) bond motifs is 1. The maximum Gasteiger partial charge on any atom is 0.257 e. The number of imidazole rings is 1. The average molecular weight is 522 g/mol. The van der Waals surface area contributed by atoms with Crippen molar-refractivity contribution in [2.75, 3.05) is 28.2 Å². The molecule has 1 N–H and O–H groups in total. The number of ether oxygens (including phenoxy) is 2. The summed E-state index contributed by atoms with van der Waals surface area (Å²) >= 11 is 0. The molecule has 2 amide bonds. The highest BCUT2D eigenvalue weighted by atomic mass is 16.5. The third-order valence-corrected chi connectivity index (χ3v) is 5.92. The van der Waals surface area contributed by atoms with Gasteiger partial charge in [-0.2, -0.15) is 0 Å². The minimum atomic E-state index is -0.183. The zero-order valence-corrected chi connectivity index (χ0v) is 22.0. The number of amides is 2. The van der Waals surface area contributed by atoms with Crippen LogP contribution in [-0.2, 0) is 0 Å². The number of nitrogens with one attached hydrogen (secondary N) is 1. The molecule has 9 heteroatoms. The summed E-state index contributed by atoms with van der Waals surface area (Å²) in [6, 6.07) is 23.1. The first-order chi connectivity index (χ1) is 18.8. The Morgan fingerprint density at radius 1 is 0.744 bits per heavy atom. The van der Waals surface area contributed by atoms with Crippen LogP contribution in [0.4, 0.5) is 0 Å². The maximum absolute atomic E-state index is 12.8. The summed E-state index contributed by atoms with van der Waals surface area (Å²) in [6.07, 6.45) is 1.70. The monoisotopic (exact) mass is 521 g/mol. The van der Waals surface area contributed by atoms with E-state index in [-0.39, 0.29) is 11.8 Å². The van der Waals surface area contributed by atoms with Crippen LogP contribution in [0, 0.1) is 0 Å². The maximum atomic E-state index is 12.8. The van der Waals surface area contributed by atoms with Crippen molar-refractivity contribution < 1.29 is 19.1 Å². The SMILES string of the molecule is CN(C)C(=O)c1ccc(Oc2cc(Oc3ccccc3C(=O)N(C)C)c3nc(-c4ccccn4)[nH]c3c2)cc1. The van der Waals surface area contributed by atoms with E-state index >= 15 is 0 Å². The Kier molecular flexibility index (Phi) is 6.96. The van der Waals surface area contributed by atoms with Gasteiger partial charge in [0.15, 0.2) is 11.6 Å². The van der Waals surface area contributed by atoms with Crippen LogP contribution in [0.1, 0.15) is 20.7 Å². The lowest BCUT2D eigenvalue weighted by Gasteiger charge is -2.15. The van der Waals surface area contributed by atoms with Gasteiger partial charge in [0.05, 0.1) is 11.1 Å². The van der Waals surface area contributed by atoms with E-state index in [1.807, 2.05) is 24.3 Å². The Balaban J connectivity index is 1.56. The van der Waals surface area contributed by atoms with Crippen LogP contribution in [-0.4, -0.2) is 64.8 Å². The van der Waals surface area contributed by atoms with Gasteiger partial charge in [-0.15, -0.1) is 0 Å². The highest BCUT2D eigenvalue weighted by Crippen LogP contribution is 2.37. The zero-order valence-electron chi connectivity index (χ0n) is 22.0. The number of hydrogen-bond donors (Lipinski definition) is 1. The molecule has 0 unspecified atom stereocenters. The first kappa shape index (κ1) is 25.5. The van der Waals surface area contributed by atoms with Crippen molar-refractivity contribution in [3.8, 4) is 34.5 Å². The fourth-order valence-corrected chi connectivity index (χ4v) is 3.97. The summed E-state index contributed by atoms with van der Waals surface area (Å²) in [4.78, 5) is 40.5. The average Bonchev–Trinajstić information content (AvgIpc) is 3.38. The molecule has 39 heavy (non-hydrogen) atoms.